The van der Waals surface area contributed by atoms with Crippen molar-refractivity contribution in [3.05, 3.63) is 59.9 Å². The largest absolute Gasteiger partial charge is 0.508 e. The Morgan fingerprint density at radius 2 is 2.05 bits per heavy atom. The third-order valence-corrected chi connectivity index (χ3v) is 5.05. The van der Waals surface area contributed by atoms with E-state index in [1.54, 1.807) is 41.6 Å². The van der Waals surface area contributed by atoms with Gasteiger partial charge in [0.15, 0.2) is 5.72 Å². The third-order valence-electron chi connectivity index (χ3n) is 3.46. The highest BCUT2D eigenvalue weighted by Crippen LogP contribution is 2.40. The number of pyridine rings is 1. The molecule has 21 heavy (non-hydrogen) atoms. The number of phenols is 1. The van der Waals surface area contributed by atoms with E-state index in [0.717, 1.165) is 5.56 Å². The molecule has 1 saturated heterocycles. The monoisotopic (exact) mass is 318 g/mol. The number of benzene rings is 1. The predicted octanol–water partition coefficient (Wildman–Crippen LogP) is 2.47. The Morgan fingerprint density at radius 1 is 1.29 bits per heavy atom. The molecule has 0 saturated carbocycles. The summed E-state index contributed by atoms with van der Waals surface area (Å²) in [6.07, 6.45) is 3.43. The lowest BCUT2D eigenvalue weighted by atomic mass is 10.0. The van der Waals surface area contributed by atoms with Gasteiger partial charge in [0.05, 0.1) is 5.75 Å². The summed E-state index contributed by atoms with van der Waals surface area (Å²) in [5.74, 6) is 0.577. The van der Waals surface area contributed by atoms with Crippen LogP contribution in [0.4, 0.5) is 0 Å². The van der Waals surface area contributed by atoms with Crippen molar-refractivity contribution in [3.63, 3.8) is 0 Å². The average Bonchev–Trinajstić information content (AvgIpc) is 2.78. The number of phenolic OH excluding ortho intramolecular Hbond substituents is 1. The molecule has 0 aliphatic carbocycles. The zero-order chi connectivity index (χ0) is 14.9. The summed E-state index contributed by atoms with van der Waals surface area (Å²) in [7, 11) is 0. The quantitative estimate of drug-likeness (QED) is 0.848. The molecule has 0 radical (unpaired) electrons. The summed E-state index contributed by atoms with van der Waals surface area (Å²) in [6, 6.07) is 10.5. The van der Waals surface area contributed by atoms with E-state index in [1.807, 2.05) is 12.1 Å². The fourth-order valence-electron chi connectivity index (χ4n) is 2.33. The van der Waals surface area contributed by atoms with Crippen LogP contribution in [0.25, 0.3) is 0 Å². The second kappa shape index (κ2) is 5.63. The highest BCUT2D eigenvalue weighted by Gasteiger charge is 2.44. The van der Waals surface area contributed by atoms with E-state index in [1.165, 1.54) is 11.8 Å². The first kappa shape index (κ1) is 14.3. The smallest absolute Gasteiger partial charge is 0.175 e. The first-order valence-corrected chi connectivity index (χ1v) is 7.84. The number of rotatable bonds is 3. The fraction of sp³-hybridized carbons (Fsp3) is 0.200. The second-order valence-electron chi connectivity index (χ2n) is 4.86. The fourth-order valence-corrected chi connectivity index (χ4v) is 3.74. The predicted molar refractivity (Wildman–Crippen MR) is 86.8 cm³/mol. The highest BCUT2D eigenvalue weighted by molar-refractivity contribution is 8.23. The average molecular weight is 318 g/mol. The molecule has 0 amide bonds. The minimum Gasteiger partial charge on any atom is -0.508 e. The second-order valence-corrected chi connectivity index (χ2v) is 6.47. The Morgan fingerprint density at radius 3 is 2.76 bits per heavy atom. The highest BCUT2D eigenvalue weighted by atomic mass is 32.2. The Bertz CT molecular complexity index is 666. The van der Waals surface area contributed by atoms with Gasteiger partial charge in [-0.25, -0.2) is 0 Å². The number of hydrogen-bond acceptors (Lipinski definition) is 5. The molecule has 4 nitrogen and oxygen atoms in total. The molecule has 1 aromatic heterocycles. The lowest BCUT2D eigenvalue weighted by Gasteiger charge is -2.34. The number of hydrogen-bond donors (Lipinski definition) is 2. The van der Waals surface area contributed by atoms with Crippen molar-refractivity contribution in [3.8, 4) is 5.75 Å². The van der Waals surface area contributed by atoms with Gasteiger partial charge >= 0.3 is 0 Å². The van der Waals surface area contributed by atoms with Crippen LogP contribution in [0.15, 0.2) is 48.8 Å². The summed E-state index contributed by atoms with van der Waals surface area (Å²) in [4.78, 5) is 5.78. The van der Waals surface area contributed by atoms with Crippen molar-refractivity contribution in [1.82, 2.24) is 9.88 Å². The Labute approximate surface area is 132 Å². The standard InChI is InChI=1S/C15H14N2O2S2/c18-13-3-1-2-12(8-13)15(19)10-21-14(20)17(15)9-11-4-6-16-7-5-11/h1-8,18-19H,9-10H2. The van der Waals surface area contributed by atoms with Gasteiger partial charge in [-0.1, -0.05) is 36.1 Å². The first-order valence-electron chi connectivity index (χ1n) is 6.45. The SMILES string of the molecule is Oc1cccc(C2(O)CSC(=S)N2Cc2ccncc2)c1. The first-order chi connectivity index (χ1) is 10.1. The van der Waals surface area contributed by atoms with Crippen LogP contribution in [0, 0.1) is 0 Å². The van der Waals surface area contributed by atoms with Gasteiger partial charge in [0.2, 0.25) is 0 Å². The van der Waals surface area contributed by atoms with E-state index >= 15 is 0 Å². The molecule has 0 spiro atoms. The minimum absolute atomic E-state index is 0.132. The number of aromatic nitrogens is 1. The van der Waals surface area contributed by atoms with Crippen molar-refractivity contribution in [1.29, 1.82) is 0 Å². The van der Waals surface area contributed by atoms with Crippen molar-refractivity contribution in [2.75, 3.05) is 5.75 Å². The maximum Gasteiger partial charge on any atom is 0.175 e. The topological polar surface area (TPSA) is 56.6 Å². The van der Waals surface area contributed by atoms with Crippen molar-refractivity contribution in [2.45, 2.75) is 12.3 Å². The number of aliphatic hydroxyl groups is 1. The molecule has 0 bridgehead atoms. The van der Waals surface area contributed by atoms with Gasteiger partial charge in [0.1, 0.15) is 10.1 Å². The van der Waals surface area contributed by atoms with Gasteiger partial charge < -0.3 is 15.1 Å². The Balaban J connectivity index is 1.95. The van der Waals surface area contributed by atoms with Crippen LogP contribution in [0.2, 0.25) is 0 Å². The van der Waals surface area contributed by atoms with E-state index in [0.29, 0.717) is 22.2 Å². The maximum atomic E-state index is 11.1. The number of nitrogens with zero attached hydrogens (tertiary/aromatic N) is 2. The van der Waals surface area contributed by atoms with Gasteiger partial charge in [0, 0.05) is 24.5 Å². The molecular formula is C15H14N2O2S2. The molecule has 2 aromatic rings. The molecule has 1 aliphatic rings. The van der Waals surface area contributed by atoms with E-state index in [2.05, 4.69) is 4.98 Å². The summed E-state index contributed by atoms with van der Waals surface area (Å²) in [6.45, 7) is 0.501. The van der Waals surface area contributed by atoms with Gasteiger partial charge in [0.25, 0.3) is 0 Å². The van der Waals surface area contributed by atoms with Crippen LogP contribution in [-0.4, -0.2) is 30.2 Å². The Kier molecular flexibility index (Phi) is 3.84. The van der Waals surface area contributed by atoms with Crippen LogP contribution in [0.5, 0.6) is 5.75 Å². The van der Waals surface area contributed by atoms with Crippen LogP contribution >= 0.6 is 24.0 Å². The molecule has 1 aromatic carbocycles. The Hall–Kier alpha value is -1.63. The van der Waals surface area contributed by atoms with Gasteiger partial charge in [-0.15, -0.1) is 0 Å². The van der Waals surface area contributed by atoms with Gasteiger partial charge in [-0.3, -0.25) is 4.98 Å². The molecule has 2 heterocycles. The molecular weight excluding hydrogens is 304 g/mol. The van der Waals surface area contributed by atoms with Crippen molar-refractivity contribution in [2.24, 2.45) is 0 Å². The molecule has 6 heteroatoms. The normalized spacial score (nSPS) is 21.8. The summed E-state index contributed by atoms with van der Waals surface area (Å²) >= 11 is 6.81. The lowest BCUT2D eigenvalue weighted by molar-refractivity contribution is -0.0510. The molecule has 2 N–H and O–H groups in total. The molecule has 1 unspecified atom stereocenters. The molecule has 1 atom stereocenters. The van der Waals surface area contributed by atoms with E-state index < -0.39 is 5.72 Å². The molecule has 108 valence electrons. The number of thiocarbonyl (C=S) groups is 1. The minimum atomic E-state index is -1.20. The van der Waals surface area contributed by atoms with E-state index in [4.69, 9.17) is 12.2 Å². The molecule has 1 fully saturated rings. The zero-order valence-electron chi connectivity index (χ0n) is 11.1. The van der Waals surface area contributed by atoms with Crippen LogP contribution in [0.1, 0.15) is 11.1 Å². The summed E-state index contributed by atoms with van der Waals surface area (Å²) < 4.78 is 0.651. The summed E-state index contributed by atoms with van der Waals surface area (Å²) in [5, 5.41) is 20.7. The number of aromatic hydroxyl groups is 1. The van der Waals surface area contributed by atoms with Crippen molar-refractivity contribution < 1.29 is 10.2 Å². The van der Waals surface area contributed by atoms with E-state index in [-0.39, 0.29) is 5.75 Å². The lowest BCUT2D eigenvalue weighted by Crippen LogP contribution is -2.43. The van der Waals surface area contributed by atoms with Gasteiger partial charge in [-0.05, 0) is 29.8 Å². The summed E-state index contributed by atoms with van der Waals surface area (Å²) in [5.41, 5.74) is 0.460. The third kappa shape index (κ3) is 2.74. The van der Waals surface area contributed by atoms with Crippen LogP contribution in [0.3, 0.4) is 0 Å². The molecule has 3 rings (SSSR count). The molecule has 1 aliphatic heterocycles. The zero-order valence-corrected chi connectivity index (χ0v) is 12.8. The van der Waals surface area contributed by atoms with Gasteiger partial charge in [-0.2, -0.15) is 0 Å². The van der Waals surface area contributed by atoms with Crippen LogP contribution in [-0.2, 0) is 12.3 Å². The van der Waals surface area contributed by atoms with Crippen LogP contribution < -0.4 is 0 Å². The maximum absolute atomic E-state index is 11.1. The number of thioether (sulfide) groups is 1. The van der Waals surface area contributed by atoms with E-state index in [9.17, 15) is 10.2 Å². The van der Waals surface area contributed by atoms with Crippen molar-refractivity contribution >= 4 is 28.3 Å².